The van der Waals surface area contributed by atoms with Crippen molar-refractivity contribution in [3.63, 3.8) is 0 Å². The molecule has 2 aromatic carbocycles. The molecule has 0 aliphatic rings. The molecule has 144 valence electrons. The lowest BCUT2D eigenvalue weighted by Gasteiger charge is -2.14. The number of benzene rings is 2. The molecular formula is C18H19Cl3N3O2S+. The van der Waals surface area contributed by atoms with E-state index in [-0.39, 0.29) is 6.61 Å². The third-order valence-electron chi connectivity index (χ3n) is 3.43. The minimum atomic E-state index is 0.164. The number of hydrazone groups is 1. The van der Waals surface area contributed by atoms with Crippen LogP contribution in [0.2, 0.25) is 15.1 Å². The van der Waals surface area contributed by atoms with Crippen molar-refractivity contribution in [1.82, 2.24) is 10.7 Å². The van der Waals surface area contributed by atoms with Crippen molar-refractivity contribution in [1.29, 1.82) is 0 Å². The summed E-state index contributed by atoms with van der Waals surface area (Å²) in [5, 5.41) is 7.46. The van der Waals surface area contributed by atoms with E-state index in [4.69, 9.17) is 56.5 Å². The van der Waals surface area contributed by atoms with Gasteiger partial charge in [-0.15, -0.1) is 10.5 Å². The molecule has 0 aliphatic heterocycles. The van der Waals surface area contributed by atoms with Crippen LogP contribution < -0.4 is 25.3 Å². The Morgan fingerprint density at radius 3 is 2.56 bits per heavy atom. The fourth-order valence-electron chi connectivity index (χ4n) is 2.10. The van der Waals surface area contributed by atoms with Gasteiger partial charge in [0.15, 0.2) is 17.7 Å². The molecule has 0 atom stereocenters. The second kappa shape index (κ2) is 10.6. The highest BCUT2D eigenvalue weighted by Crippen LogP contribution is 2.34. The number of hydrogen-bond donors (Lipinski definition) is 3. The number of hydrogen-bond acceptors (Lipinski definition) is 3. The first-order valence-corrected chi connectivity index (χ1v) is 9.59. The molecule has 0 amide bonds. The van der Waals surface area contributed by atoms with Crippen molar-refractivity contribution >= 4 is 58.3 Å². The molecule has 0 spiro atoms. The van der Waals surface area contributed by atoms with Crippen LogP contribution in [0.25, 0.3) is 0 Å². The summed E-state index contributed by atoms with van der Waals surface area (Å²) < 4.78 is 11.5. The Morgan fingerprint density at radius 2 is 1.85 bits per heavy atom. The summed E-state index contributed by atoms with van der Waals surface area (Å²) >= 11 is 23.5. The molecule has 0 aliphatic carbocycles. The lowest BCUT2D eigenvalue weighted by atomic mass is 10.2. The van der Waals surface area contributed by atoms with Crippen molar-refractivity contribution in [2.45, 2.75) is 13.5 Å². The number of halogens is 3. The molecule has 2 aromatic rings. The molecule has 0 radical (unpaired) electrons. The summed E-state index contributed by atoms with van der Waals surface area (Å²) in [4.78, 5) is 0. The molecule has 3 N–H and O–H groups in total. The second-order valence-electron chi connectivity index (χ2n) is 5.24. The van der Waals surface area contributed by atoms with Crippen LogP contribution in [0, 0.1) is 0 Å². The maximum Gasteiger partial charge on any atom is 0.223 e. The van der Waals surface area contributed by atoms with Crippen molar-refractivity contribution in [3.05, 3.63) is 56.5 Å². The zero-order valence-electron chi connectivity index (χ0n) is 14.7. The average Bonchev–Trinajstić information content (AvgIpc) is 2.66. The molecule has 0 fully saturated rings. The Labute approximate surface area is 178 Å². The van der Waals surface area contributed by atoms with Gasteiger partial charge in [-0.25, -0.2) is 0 Å². The maximum absolute atomic E-state index is 6.22. The molecule has 0 saturated carbocycles. The maximum atomic E-state index is 6.22. The number of ether oxygens (including phenoxy) is 2. The van der Waals surface area contributed by atoms with Crippen molar-refractivity contribution < 1.29 is 14.6 Å². The smallest absolute Gasteiger partial charge is 0.223 e. The van der Waals surface area contributed by atoms with E-state index in [0.717, 1.165) is 5.56 Å². The van der Waals surface area contributed by atoms with E-state index < -0.39 is 0 Å². The lowest BCUT2D eigenvalue weighted by molar-refractivity contribution is -0.500. The number of rotatable bonds is 7. The van der Waals surface area contributed by atoms with E-state index in [0.29, 0.717) is 43.8 Å². The molecule has 0 bridgehead atoms. The summed E-state index contributed by atoms with van der Waals surface area (Å²) in [5.41, 5.74) is 4.30. The summed E-state index contributed by atoms with van der Waals surface area (Å²) in [5.74, 6) is 1.17. The molecular weight excluding hydrogens is 429 g/mol. The van der Waals surface area contributed by atoms with Gasteiger partial charge in [0.05, 0.1) is 16.7 Å². The standard InChI is InChI=1S/C18H18Cl3N3O2S/c1-3-25-16-8-11(9-23-24-18(27)22-2)4-7-15(16)26-10-12-13(19)5-6-14(20)17(12)21/h4-9H,3,10H2,1-2H3,(H2,22,24,27)/p+1. The highest BCUT2D eigenvalue weighted by molar-refractivity contribution is 7.80. The third kappa shape index (κ3) is 6.14. The van der Waals surface area contributed by atoms with Gasteiger partial charge in [0.1, 0.15) is 6.61 Å². The quantitative estimate of drug-likeness (QED) is 0.263. The SMILES string of the molecule is CCOc1cc(C=[NH+]NC(=S)NC)ccc1OCc1c(Cl)ccc(Cl)c1Cl. The number of hydrazine groups is 1. The van der Waals surface area contributed by atoms with Gasteiger partial charge < -0.3 is 14.8 Å². The van der Waals surface area contributed by atoms with Gasteiger partial charge in [-0.1, -0.05) is 34.8 Å². The molecule has 0 aromatic heterocycles. The molecule has 27 heavy (non-hydrogen) atoms. The highest BCUT2D eigenvalue weighted by atomic mass is 35.5. The largest absolute Gasteiger partial charge is 0.490 e. The first-order chi connectivity index (χ1) is 13.0. The normalized spacial score (nSPS) is 10.7. The van der Waals surface area contributed by atoms with E-state index in [1.807, 2.05) is 19.1 Å². The molecule has 2 rings (SSSR count). The molecule has 0 saturated heterocycles. The van der Waals surface area contributed by atoms with Crippen LogP contribution in [0.3, 0.4) is 0 Å². The predicted molar refractivity (Wildman–Crippen MR) is 114 cm³/mol. The van der Waals surface area contributed by atoms with Crippen molar-refractivity contribution in [2.24, 2.45) is 0 Å². The number of nitrogens with one attached hydrogen (secondary N) is 3. The molecule has 0 heterocycles. The van der Waals surface area contributed by atoms with E-state index in [1.54, 1.807) is 31.5 Å². The number of thiocarbonyl (C=S) groups is 1. The Bertz CT molecular complexity index is 847. The van der Waals surface area contributed by atoms with E-state index in [9.17, 15) is 0 Å². The first-order valence-electron chi connectivity index (χ1n) is 8.04. The van der Waals surface area contributed by atoms with Crippen LogP contribution in [0.5, 0.6) is 11.5 Å². The van der Waals surface area contributed by atoms with Gasteiger partial charge in [0.25, 0.3) is 0 Å². The first kappa shape index (κ1) is 21.6. The van der Waals surface area contributed by atoms with E-state index in [2.05, 4.69) is 15.8 Å². The third-order valence-corrected chi connectivity index (χ3v) is 4.93. The second-order valence-corrected chi connectivity index (χ2v) is 6.84. The lowest BCUT2D eigenvalue weighted by Crippen LogP contribution is -2.82. The molecule has 9 heteroatoms. The van der Waals surface area contributed by atoms with Gasteiger partial charge in [-0.05, 0) is 49.5 Å². The topological polar surface area (TPSA) is 56.5 Å². The summed E-state index contributed by atoms with van der Waals surface area (Å²) in [7, 11) is 1.73. The highest BCUT2D eigenvalue weighted by Gasteiger charge is 2.13. The van der Waals surface area contributed by atoms with E-state index >= 15 is 0 Å². The Hall–Kier alpha value is -1.73. The van der Waals surface area contributed by atoms with Crippen LogP contribution in [-0.2, 0) is 6.61 Å². The van der Waals surface area contributed by atoms with Gasteiger partial charge in [0.2, 0.25) is 5.11 Å². The van der Waals surface area contributed by atoms with Crippen LogP contribution in [0.1, 0.15) is 18.1 Å². The van der Waals surface area contributed by atoms with Crippen LogP contribution in [-0.4, -0.2) is 25.0 Å². The minimum absolute atomic E-state index is 0.164. The monoisotopic (exact) mass is 446 g/mol. The average molecular weight is 448 g/mol. The fraction of sp³-hybridized carbons (Fsp3) is 0.222. The van der Waals surface area contributed by atoms with E-state index in [1.165, 1.54) is 0 Å². The van der Waals surface area contributed by atoms with Crippen molar-refractivity contribution in [2.75, 3.05) is 13.7 Å². The fourth-order valence-corrected chi connectivity index (χ4v) is 2.82. The Balaban J connectivity index is 2.17. The molecule has 0 unspecified atom stereocenters. The van der Waals surface area contributed by atoms with Crippen molar-refractivity contribution in [3.8, 4) is 11.5 Å². The Kier molecular flexibility index (Phi) is 8.44. The zero-order valence-corrected chi connectivity index (χ0v) is 17.8. The summed E-state index contributed by atoms with van der Waals surface area (Å²) in [6, 6.07) is 8.85. The Morgan fingerprint density at radius 1 is 1.11 bits per heavy atom. The minimum Gasteiger partial charge on any atom is -0.490 e. The zero-order chi connectivity index (χ0) is 19.8. The van der Waals surface area contributed by atoms with Gasteiger partial charge in [-0.3, -0.25) is 0 Å². The predicted octanol–water partition coefficient (Wildman–Crippen LogP) is 3.13. The summed E-state index contributed by atoms with van der Waals surface area (Å²) in [6.07, 6.45) is 1.75. The van der Waals surface area contributed by atoms with Gasteiger partial charge in [-0.2, -0.15) is 0 Å². The van der Waals surface area contributed by atoms with Gasteiger partial charge >= 0.3 is 0 Å². The molecule has 5 nitrogen and oxygen atoms in total. The van der Waals surface area contributed by atoms with Crippen LogP contribution in [0.15, 0.2) is 30.3 Å². The summed E-state index contributed by atoms with van der Waals surface area (Å²) in [6.45, 7) is 2.56. The van der Waals surface area contributed by atoms with Crippen LogP contribution in [0.4, 0.5) is 0 Å². The van der Waals surface area contributed by atoms with Gasteiger partial charge in [0, 0.05) is 23.2 Å². The van der Waals surface area contributed by atoms with Crippen LogP contribution >= 0.6 is 47.0 Å².